The molecule has 0 saturated heterocycles. The van der Waals surface area contributed by atoms with E-state index in [1.165, 1.54) is 16.8 Å². The number of rotatable bonds is 7. The second-order valence-electron chi connectivity index (χ2n) is 6.72. The fourth-order valence-electron chi connectivity index (χ4n) is 2.88. The highest BCUT2D eigenvalue weighted by Gasteiger charge is 2.28. The van der Waals surface area contributed by atoms with E-state index in [-0.39, 0.29) is 24.1 Å². The summed E-state index contributed by atoms with van der Waals surface area (Å²) in [5.41, 5.74) is 0.518. The summed E-state index contributed by atoms with van der Waals surface area (Å²) in [6.07, 6.45) is 3.80. The maximum atomic E-state index is 12.5. The van der Waals surface area contributed by atoms with Crippen molar-refractivity contribution in [2.24, 2.45) is 5.92 Å². The number of hydrogen-bond acceptors (Lipinski definition) is 3. The first-order valence-corrected chi connectivity index (χ1v) is 8.85. The summed E-state index contributed by atoms with van der Waals surface area (Å²) >= 11 is 0. The lowest BCUT2D eigenvalue weighted by Crippen LogP contribution is -2.39. The quantitative estimate of drug-likeness (QED) is 0.795. The van der Waals surface area contributed by atoms with E-state index in [0.29, 0.717) is 12.5 Å². The molecule has 2 amide bonds. The lowest BCUT2D eigenvalue weighted by Gasteiger charge is -2.14. The molecule has 6 nitrogen and oxygen atoms in total. The first kappa shape index (κ1) is 17.9. The van der Waals surface area contributed by atoms with Crippen LogP contribution in [0, 0.1) is 5.92 Å². The van der Waals surface area contributed by atoms with Crippen LogP contribution >= 0.6 is 0 Å². The van der Waals surface area contributed by atoms with Crippen molar-refractivity contribution in [1.82, 2.24) is 15.2 Å². The number of carbonyl (C=O) groups is 2. The van der Waals surface area contributed by atoms with Gasteiger partial charge >= 0.3 is 0 Å². The number of pyridine rings is 1. The molecule has 1 aliphatic rings. The van der Waals surface area contributed by atoms with Gasteiger partial charge in [0, 0.05) is 18.8 Å². The van der Waals surface area contributed by atoms with Crippen LogP contribution in [0.25, 0.3) is 0 Å². The average Bonchev–Trinajstić information content (AvgIpc) is 3.47. The van der Waals surface area contributed by atoms with E-state index in [1.54, 1.807) is 6.07 Å². The van der Waals surface area contributed by atoms with Gasteiger partial charge in [0.1, 0.15) is 12.1 Å². The smallest absolute Gasteiger partial charge is 0.263 e. The molecule has 0 unspecified atom stereocenters. The molecule has 0 aliphatic heterocycles. The van der Waals surface area contributed by atoms with Crippen molar-refractivity contribution in [1.29, 1.82) is 0 Å². The molecule has 6 heteroatoms. The zero-order chi connectivity index (χ0) is 18.5. The highest BCUT2D eigenvalue weighted by atomic mass is 16.2. The minimum Gasteiger partial charge on any atom is -0.352 e. The van der Waals surface area contributed by atoms with Crippen molar-refractivity contribution in [2.75, 3.05) is 0 Å². The Hall–Kier alpha value is -2.89. The van der Waals surface area contributed by atoms with Gasteiger partial charge in [-0.15, -0.1) is 0 Å². The summed E-state index contributed by atoms with van der Waals surface area (Å²) in [6.45, 7) is 2.23. The zero-order valence-corrected chi connectivity index (χ0v) is 14.8. The zero-order valence-electron chi connectivity index (χ0n) is 14.8. The summed E-state index contributed by atoms with van der Waals surface area (Å²) in [6, 6.07) is 12.7. The molecule has 1 aliphatic carbocycles. The number of carbonyl (C=O) groups excluding carboxylic acids is 2. The maximum absolute atomic E-state index is 12.5. The minimum absolute atomic E-state index is 0.0338. The SMILES string of the molecule is C[C@H](NC(=O)Cn1cccc(C(=O)NCc2ccccc2)c1=O)C1CC1. The Kier molecular flexibility index (Phi) is 5.51. The van der Waals surface area contributed by atoms with E-state index in [0.717, 1.165) is 18.4 Å². The fourth-order valence-corrected chi connectivity index (χ4v) is 2.88. The molecule has 3 rings (SSSR count). The molecule has 1 aromatic heterocycles. The van der Waals surface area contributed by atoms with Crippen LogP contribution in [-0.4, -0.2) is 22.4 Å². The molecule has 0 radical (unpaired) electrons. The fraction of sp³-hybridized carbons (Fsp3) is 0.350. The number of aromatic nitrogens is 1. The van der Waals surface area contributed by atoms with Gasteiger partial charge in [0.25, 0.3) is 11.5 Å². The third-order valence-corrected chi connectivity index (χ3v) is 4.59. The first-order chi connectivity index (χ1) is 12.5. The van der Waals surface area contributed by atoms with Crippen LogP contribution in [0.1, 0.15) is 35.7 Å². The van der Waals surface area contributed by atoms with Crippen LogP contribution in [-0.2, 0) is 17.9 Å². The lowest BCUT2D eigenvalue weighted by atomic mass is 10.2. The van der Waals surface area contributed by atoms with Gasteiger partial charge < -0.3 is 15.2 Å². The largest absolute Gasteiger partial charge is 0.352 e. The second kappa shape index (κ2) is 7.99. The van der Waals surface area contributed by atoms with Gasteiger partial charge in [0.2, 0.25) is 5.91 Å². The molecular formula is C20H23N3O3. The summed E-state index contributed by atoms with van der Waals surface area (Å²) < 4.78 is 1.27. The molecule has 2 N–H and O–H groups in total. The van der Waals surface area contributed by atoms with Crippen molar-refractivity contribution >= 4 is 11.8 Å². The average molecular weight is 353 g/mol. The van der Waals surface area contributed by atoms with E-state index in [9.17, 15) is 14.4 Å². The standard InChI is InChI=1S/C20H23N3O3/c1-14(16-9-10-16)22-18(24)13-23-11-5-8-17(20(23)26)19(25)21-12-15-6-3-2-4-7-15/h2-8,11,14,16H,9-10,12-13H2,1H3,(H,21,25)(H,22,24)/t14-/m0/s1. The molecular weight excluding hydrogens is 330 g/mol. The number of nitrogens with zero attached hydrogens (tertiary/aromatic N) is 1. The number of amides is 2. The van der Waals surface area contributed by atoms with Crippen LogP contribution in [0.3, 0.4) is 0 Å². The summed E-state index contributed by atoms with van der Waals surface area (Å²) in [5.74, 6) is -0.112. The highest BCUT2D eigenvalue weighted by molar-refractivity contribution is 5.93. The third-order valence-electron chi connectivity index (χ3n) is 4.59. The van der Waals surface area contributed by atoms with Gasteiger partial charge in [-0.25, -0.2) is 0 Å². The number of hydrogen-bond donors (Lipinski definition) is 2. The van der Waals surface area contributed by atoms with E-state index in [2.05, 4.69) is 10.6 Å². The summed E-state index contributed by atoms with van der Waals surface area (Å²) in [4.78, 5) is 37.0. The van der Waals surface area contributed by atoms with Crippen molar-refractivity contribution in [3.05, 3.63) is 70.1 Å². The van der Waals surface area contributed by atoms with Crippen LogP contribution in [0.5, 0.6) is 0 Å². The van der Waals surface area contributed by atoms with E-state index in [1.807, 2.05) is 37.3 Å². The predicted molar refractivity (Wildman–Crippen MR) is 98.6 cm³/mol. The molecule has 136 valence electrons. The Labute approximate surface area is 152 Å². The molecule has 1 atom stereocenters. The van der Waals surface area contributed by atoms with Gasteiger partial charge in [-0.1, -0.05) is 30.3 Å². The molecule has 0 bridgehead atoms. The van der Waals surface area contributed by atoms with Crippen LogP contribution in [0.15, 0.2) is 53.5 Å². The molecule has 26 heavy (non-hydrogen) atoms. The molecule has 1 aromatic carbocycles. The van der Waals surface area contributed by atoms with Gasteiger partial charge in [-0.3, -0.25) is 14.4 Å². The van der Waals surface area contributed by atoms with Crippen molar-refractivity contribution in [3.63, 3.8) is 0 Å². The van der Waals surface area contributed by atoms with Gasteiger partial charge in [-0.05, 0) is 43.4 Å². The number of benzene rings is 1. The molecule has 0 spiro atoms. The summed E-state index contributed by atoms with van der Waals surface area (Å²) in [7, 11) is 0. The molecule has 2 aromatic rings. The van der Waals surface area contributed by atoms with Crippen molar-refractivity contribution in [2.45, 2.75) is 38.9 Å². The third kappa shape index (κ3) is 4.59. The summed E-state index contributed by atoms with van der Waals surface area (Å²) in [5, 5.41) is 5.65. The minimum atomic E-state index is -0.465. The Morgan fingerprint density at radius 1 is 1.15 bits per heavy atom. The Bertz CT molecular complexity index is 841. The normalized spacial score (nSPS) is 14.5. The lowest BCUT2D eigenvalue weighted by molar-refractivity contribution is -0.122. The van der Waals surface area contributed by atoms with Crippen LogP contribution in [0.4, 0.5) is 0 Å². The second-order valence-corrected chi connectivity index (χ2v) is 6.72. The van der Waals surface area contributed by atoms with E-state index >= 15 is 0 Å². The van der Waals surface area contributed by atoms with Gasteiger partial charge in [0.05, 0.1) is 0 Å². The van der Waals surface area contributed by atoms with Crippen LogP contribution in [0.2, 0.25) is 0 Å². The monoisotopic (exact) mass is 353 g/mol. The predicted octanol–water partition coefficient (Wildman–Crippen LogP) is 1.69. The molecule has 1 heterocycles. The van der Waals surface area contributed by atoms with Crippen molar-refractivity contribution < 1.29 is 9.59 Å². The van der Waals surface area contributed by atoms with Crippen LogP contribution < -0.4 is 16.2 Å². The first-order valence-electron chi connectivity index (χ1n) is 8.85. The Balaban J connectivity index is 1.63. The maximum Gasteiger partial charge on any atom is 0.263 e. The van der Waals surface area contributed by atoms with E-state index in [4.69, 9.17) is 0 Å². The number of nitrogens with one attached hydrogen (secondary N) is 2. The topological polar surface area (TPSA) is 80.2 Å². The Morgan fingerprint density at radius 2 is 1.88 bits per heavy atom. The highest BCUT2D eigenvalue weighted by Crippen LogP contribution is 2.32. The van der Waals surface area contributed by atoms with Gasteiger partial charge in [-0.2, -0.15) is 0 Å². The van der Waals surface area contributed by atoms with Crippen molar-refractivity contribution in [3.8, 4) is 0 Å². The molecule has 1 saturated carbocycles. The van der Waals surface area contributed by atoms with Gasteiger partial charge in [0.15, 0.2) is 0 Å². The Morgan fingerprint density at radius 3 is 2.58 bits per heavy atom. The molecule has 1 fully saturated rings. The van der Waals surface area contributed by atoms with E-state index < -0.39 is 11.5 Å².